The van der Waals surface area contributed by atoms with Crippen LogP contribution in [0.25, 0.3) is 0 Å². The lowest BCUT2D eigenvalue weighted by molar-refractivity contribution is -0.113. The Labute approximate surface area is 137 Å². The minimum atomic E-state index is -0.257. The molecule has 0 aliphatic heterocycles. The Bertz CT molecular complexity index is 666. The Morgan fingerprint density at radius 2 is 2.09 bits per heavy atom. The number of nitrogens with one attached hydrogen (secondary N) is 1. The molecule has 0 atom stereocenters. The summed E-state index contributed by atoms with van der Waals surface area (Å²) >= 11 is 7.24. The molecule has 22 heavy (non-hydrogen) atoms. The Morgan fingerprint density at radius 1 is 1.32 bits per heavy atom. The maximum Gasteiger partial charge on any atom is 0.234 e. The number of ether oxygens (including phenoxy) is 1. The van der Waals surface area contributed by atoms with E-state index in [1.165, 1.54) is 24.9 Å². The van der Waals surface area contributed by atoms with Crippen molar-refractivity contribution in [2.75, 3.05) is 18.2 Å². The quantitative estimate of drug-likeness (QED) is 0.849. The van der Waals surface area contributed by atoms with E-state index < -0.39 is 0 Å². The van der Waals surface area contributed by atoms with E-state index in [0.29, 0.717) is 27.8 Å². The van der Waals surface area contributed by atoms with E-state index >= 15 is 0 Å². The summed E-state index contributed by atoms with van der Waals surface area (Å²) in [4.78, 5) is 11.9. The highest BCUT2D eigenvalue weighted by molar-refractivity contribution is 7.99. The summed E-state index contributed by atoms with van der Waals surface area (Å²) in [6, 6.07) is 11.5. The molecule has 1 amide bonds. The molecule has 0 unspecified atom stereocenters. The van der Waals surface area contributed by atoms with Crippen LogP contribution in [0.2, 0.25) is 5.02 Å². The number of benzene rings is 2. The molecule has 0 fully saturated rings. The van der Waals surface area contributed by atoms with E-state index in [1.807, 2.05) is 0 Å². The van der Waals surface area contributed by atoms with Gasteiger partial charge in [0.25, 0.3) is 0 Å². The third-order valence-corrected chi connectivity index (χ3v) is 4.10. The van der Waals surface area contributed by atoms with Crippen molar-refractivity contribution in [3.63, 3.8) is 0 Å². The molecule has 1 N–H and O–H groups in total. The molecule has 0 saturated heterocycles. The van der Waals surface area contributed by atoms with Crippen molar-refractivity contribution in [2.24, 2.45) is 0 Å². The molecule has 0 heterocycles. The van der Waals surface area contributed by atoms with Gasteiger partial charge < -0.3 is 10.1 Å². The first-order valence-electron chi connectivity index (χ1n) is 6.54. The minimum absolute atomic E-state index is 0.193. The third kappa shape index (κ3) is 4.64. The van der Waals surface area contributed by atoms with Gasteiger partial charge in [-0.15, -0.1) is 11.8 Å². The lowest BCUT2D eigenvalue weighted by atomic mass is 10.2. The summed E-state index contributed by atoms with van der Waals surface area (Å²) in [6.45, 7) is 0. The molecule has 0 saturated carbocycles. The highest BCUT2D eigenvalue weighted by Crippen LogP contribution is 2.27. The lowest BCUT2D eigenvalue weighted by Gasteiger charge is -2.10. The van der Waals surface area contributed by atoms with Crippen LogP contribution in [-0.2, 0) is 10.5 Å². The van der Waals surface area contributed by atoms with Gasteiger partial charge in [-0.2, -0.15) is 0 Å². The van der Waals surface area contributed by atoms with Crippen LogP contribution in [0.4, 0.5) is 10.1 Å². The zero-order chi connectivity index (χ0) is 15.9. The highest BCUT2D eigenvalue weighted by atomic mass is 35.5. The van der Waals surface area contributed by atoms with Gasteiger partial charge in [0.05, 0.1) is 18.6 Å². The second-order valence-corrected chi connectivity index (χ2v) is 5.90. The van der Waals surface area contributed by atoms with Gasteiger partial charge in [0.15, 0.2) is 0 Å². The lowest BCUT2D eigenvalue weighted by Crippen LogP contribution is -2.15. The molecular weight excluding hydrogens is 325 g/mol. The van der Waals surface area contributed by atoms with Gasteiger partial charge in [-0.1, -0.05) is 29.8 Å². The number of hydrogen-bond acceptors (Lipinski definition) is 3. The first-order valence-corrected chi connectivity index (χ1v) is 8.08. The van der Waals surface area contributed by atoms with E-state index in [1.54, 1.807) is 36.4 Å². The Morgan fingerprint density at radius 3 is 2.82 bits per heavy atom. The Balaban J connectivity index is 1.88. The summed E-state index contributed by atoms with van der Waals surface area (Å²) < 4.78 is 18.6. The van der Waals surface area contributed by atoms with Crippen molar-refractivity contribution in [2.45, 2.75) is 5.75 Å². The molecule has 2 aromatic carbocycles. The van der Waals surface area contributed by atoms with Crippen LogP contribution in [0.3, 0.4) is 0 Å². The van der Waals surface area contributed by atoms with Crippen LogP contribution >= 0.6 is 23.4 Å². The van der Waals surface area contributed by atoms with Crippen LogP contribution in [-0.4, -0.2) is 18.8 Å². The number of carbonyl (C=O) groups excluding carboxylic acids is 1. The standard InChI is InChI=1S/C16H15ClFNO2S/c1-21-15-7-6-12(17)8-14(15)19-16(20)10-22-9-11-4-2-3-5-13(11)18/h2-8H,9-10H2,1H3,(H,19,20). The van der Waals surface area contributed by atoms with E-state index in [2.05, 4.69) is 5.32 Å². The van der Waals surface area contributed by atoms with Crippen molar-refractivity contribution < 1.29 is 13.9 Å². The molecular formula is C16H15ClFNO2S. The van der Waals surface area contributed by atoms with E-state index in [4.69, 9.17) is 16.3 Å². The molecule has 0 spiro atoms. The fourth-order valence-corrected chi connectivity index (χ4v) is 2.82. The smallest absolute Gasteiger partial charge is 0.234 e. The van der Waals surface area contributed by atoms with E-state index in [9.17, 15) is 9.18 Å². The van der Waals surface area contributed by atoms with Crippen molar-refractivity contribution in [1.29, 1.82) is 0 Å². The molecule has 0 bridgehead atoms. The minimum Gasteiger partial charge on any atom is -0.495 e. The van der Waals surface area contributed by atoms with Gasteiger partial charge in [-0.05, 0) is 29.8 Å². The van der Waals surface area contributed by atoms with Crippen LogP contribution in [0.15, 0.2) is 42.5 Å². The summed E-state index contributed by atoms with van der Waals surface area (Å²) in [6.07, 6.45) is 0. The van der Waals surface area contributed by atoms with Gasteiger partial charge in [-0.3, -0.25) is 4.79 Å². The van der Waals surface area contributed by atoms with Crippen molar-refractivity contribution in [1.82, 2.24) is 0 Å². The van der Waals surface area contributed by atoms with Crippen LogP contribution in [0.5, 0.6) is 5.75 Å². The SMILES string of the molecule is COc1ccc(Cl)cc1NC(=O)CSCc1ccccc1F. The summed E-state index contributed by atoms with van der Waals surface area (Å²) in [5.41, 5.74) is 1.10. The van der Waals surface area contributed by atoms with Gasteiger partial charge in [0, 0.05) is 10.8 Å². The highest BCUT2D eigenvalue weighted by Gasteiger charge is 2.09. The molecule has 0 aromatic heterocycles. The van der Waals surface area contributed by atoms with Crippen molar-refractivity contribution in [3.05, 3.63) is 58.9 Å². The fraction of sp³-hybridized carbons (Fsp3) is 0.188. The zero-order valence-corrected chi connectivity index (χ0v) is 13.5. The first kappa shape index (κ1) is 16.6. The Kier molecular flexibility index (Phi) is 6.10. The summed E-state index contributed by atoms with van der Waals surface area (Å²) in [5, 5.41) is 3.25. The largest absolute Gasteiger partial charge is 0.495 e. The fourth-order valence-electron chi connectivity index (χ4n) is 1.83. The van der Waals surface area contributed by atoms with Crippen LogP contribution < -0.4 is 10.1 Å². The van der Waals surface area contributed by atoms with Gasteiger partial charge >= 0.3 is 0 Å². The molecule has 6 heteroatoms. The third-order valence-electron chi connectivity index (χ3n) is 2.88. The predicted octanol–water partition coefficient (Wildman–Crippen LogP) is 4.36. The first-order chi connectivity index (χ1) is 10.6. The second-order valence-electron chi connectivity index (χ2n) is 4.48. The van der Waals surface area contributed by atoms with Gasteiger partial charge in [-0.25, -0.2) is 4.39 Å². The number of thioether (sulfide) groups is 1. The van der Waals surface area contributed by atoms with Crippen molar-refractivity contribution in [3.8, 4) is 5.75 Å². The number of rotatable bonds is 6. The molecule has 0 aliphatic rings. The molecule has 2 aromatic rings. The van der Waals surface area contributed by atoms with Crippen LogP contribution in [0, 0.1) is 5.82 Å². The predicted molar refractivity (Wildman–Crippen MR) is 89.2 cm³/mol. The topological polar surface area (TPSA) is 38.3 Å². The number of hydrogen-bond donors (Lipinski definition) is 1. The molecule has 116 valence electrons. The van der Waals surface area contributed by atoms with E-state index in [0.717, 1.165) is 0 Å². The number of halogens is 2. The van der Waals surface area contributed by atoms with Crippen LogP contribution in [0.1, 0.15) is 5.56 Å². The number of amides is 1. The molecule has 3 nitrogen and oxygen atoms in total. The summed E-state index contributed by atoms with van der Waals surface area (Å²) in [5.74, 6) is 0.738. The maximum atomic E-state index is 13.5. The number of anilines is 1. The average molecular weight is 340 g/mol. The zero-order valence-electron chi connectivity index (χ0n) is 11.9. The van der Waals surface area contributed by atoms with E-state index in [-0.39, 0.29) is 17.5 Å². The second kappa shape index (κ2) is 8.06. The normalized spacial score (nSPS) is 10.3. The van der Waals surface area contributed by atoms with Gasteiger partial charge in [0.2, 0.25) is 5.91 Å². The number of carbonyl (C=O) groups is 1. The number of methoxy groups -OCH3 is 1. The Hall–Kier alpha value is -1.72. The molecule has 0 radical (unpaired) electrons. The molecule has 2 rings (SSSR count). The summed E-state index contributed by atoms with van der Waals surface area (Å²) in [7, 11) is 1.52. The molecule has 0 aliphatic carbocycles. The average Bonchev–Trinajstić information content (AvgIpc) is 2.49. The van der Waals surface area contributed by atoms with Gasteiger partial charge in [0.1, 0.15) is 11.6 Å². The maximum absolute atomic E-state index is 13.5. The van der Waals surface area contributed by atoms with Crippen molar-refractivity contribution >= 4 is 35.0 Å². The monoisotopic (exact) mass is 339 g/mol.